The fraction of sp³-hybridized carbons (Fsp3) is 0.211. The van der Waals surface area contributed by atoms with E-state index < -0.39 is 35.6 Å². The third-order valence-electron chi connectivity index (χ3n) is 4.51. The zero-order chi connectivity index (χ0) is 18.9. The number of hydrogen-bond acceptors (Lipinski definition) is 3. The third-order valence-corrected chi connectivity index (χ3v) is 4.76. The van der Waals surface area contributed by atoms with Crippen LogP contribution in [-0.2, 0) is 10.3 Å². The van der Waals surface area contributed by atoms with Gasteiger partial charge in [0.1, 0.15) is 11.4 Å². The first-order chi connectivity index (χ1) is 12.4. The molecule has 1 aliphatic rings. The van der Waals surface area contributed by atoms with Gasteiger partial charge in [0.15, 0.2) is 5.78 Å². The van der Waals surface area contributed by atoms with Crippen LogP contribution in [0.4, 0.5) is 9.18 Å². The SMILES string of the molecule is CC[C@@]1(c2ccc(Cl)cc2)NC(=O)N(CC(=O)c2ccc(F)cc2)C1=O. The molecule has 1 saturated heterocycles. The van der Waals surface area contributed by atoms with Gasteiger partial charge in [0.2, 0.25) is 0 Å². The molecule has 3 rings (SSSR count). The largest absolute Gasteiger partial charge is 0.325 e. The summed E-state index contributed by atoms with van der Waals surface area (Å²) in [5, 5.41) is 3.21. The highest BCUT2D eigenvalue weighted by molar-refractivity contribution is 6.30. The fourth-order valence-electron chi connectivity index (χ4n) is 3.01. The van der Waals surface area contributed by atoms with Crippen LogP contribution in [-0.4, -0.2) is 29.2 Å². The van der Waals surface area contributed by atoms with Crippen LogP contribution in [0.1, 0.15) is 29.3 Å². The van der Waals surface area contributed by atoms with Crippen molar-refractivity contribution < 1.29 is 18.8 Å². The van der Waals surface area contributed by atoms with Crippen molar-refractivity contribution in [3.05, 3.63) is 70.5 Å². The zero-order valence-electron chi connectivity index (χ0n) is 14.0. The van der Waals surface area contributed by atoms with E-state index in [2.05, 4.69) is 5.32 Å². The van der Waals surface area contributed by atoms with Gasteiger partial charge in [0.05, 0.1) is 6.54 Å². The molecule has 1 heterocycles. The van der Waals surface area contributed by atoms with Crippen molar-refractivity contribution >= 4 is 29.3 Å². The van der Waals surface area contributed by atoms with E-state index in [0.29, 0.717) is 17.0 Å². The topological polar surface area (TPSA) is 66.5 Å². The number of hydrogen-bond donors (Lipinski definition) is 1. The van der Waals surface area contributed by atoms with Gasteiger partial charge in [-0.15, -0.1) is 0 Å². The number of urea groups is 1. The summed E-state index contributed by atoms with van der Waals surface area (Å²) < 4.78 is 13.0. The number of nitrogens with one attached hydrogen (secondary N) is 1. The summed E-state index contributed by atoms with van der Waals surface area (Å²) in [5.74, 6) is -1.41. The van der Waals surface area contributed by atoms with E-state index in [0.717, 1.165) is 17.0 Å². The lowest BCUT2D eigenvalue weighted by Gasteiger charge is -2.25. The Balaban J connectivity index is 1.87. The van der Waals surface area contributed by atoms with Crippen LogP contribution < -0.4 is 5.32 Å². The van der Waals surface area contributed by atoms with Crippen molar-refractivity contribution in [1.29, 1.82) is 0 Å². The molecule has 2 aromatic rings. The van der Waals surface area contributed by atoms with Gasteiger partial charge >= 0.3 is 6.03 Å². The Morgan fingerprint density at radius 3 is 2.31 bits per heavy atom. The summed E-state index contributed by atoms with van der Waals surface area (Å²) in [6, 6.07) is 10.9. The summed E-state index contributed by atoms with van der Waals surface area (Å²) in [7, 11) is 0. The number of amides is 3. The molecule has 0 unspecified atom stereocenters. The zero-order valence-corrected chi connectivity index (χ0v) is 14.7. The average molecular weight is 375 g/mol. The van der Waals surface area contributed by atoms with E-state index in [-0.39, 0.29) is 5.56 Å². The molecule has 1 aliphatic heterocycles. The van der Waals surface area contributed by atoms with Crippen LogP contribution >= 0.6 is 11.6 Å². The normalized spacial score (nSPS) is 19.6. The number of carbonyl (C=O) groups excluding carboxylic acids is 3. The van der Waals surface area contributed by atoms with Crippen LogP contribution in [0.3, 0.4) is 0 Å². The van der Waals surface area contributed by atoms with Gasteiger partial charge in [-0.1, -0.05) is 30.7 Å². The van der Waals surface area contributed by atoms with E-state index in [1.807, 2.05) is 0 Å². The molecule has 2 aromatic carbocycles. The molecular weight excluding hydrogens is 359 g/mol. The van der Waals surface area contributed by atoms with Gasteiger partial charge in [0, 0.05) is 10.6 Å². The van der Waals surface area contributed by atoms with Crippen molar-refractivity contribution in [2.24, 2.45) is 0 Å². The van der Waals surface area contributed by atoms with Gasteiger partial charge in [-0.25, -0.2) is 9.18 Å². The van der Waals surface area contributed by atoms with E-state index in [1.54, 1.807) is 31.2 Å². The average Bonchev–Trinajstić information content (AvgIpc) is 2.88. The second-order valence-corrected chi connectivity index (χ2v) is 6.45. The molecule has 3 amide bonds. The number of Topliss-reactive ketones (excluding diaryl/α,β-unsaturated/α-hetero) is 1. The molecule has 0 saturated carbocycles. The molecule has 0 bridgehead atoms. The lowest BCUT2D eigenvalue weighted by molar-refractivity contribution is -0.131. The molecule has 1 fully saturated rings. The smallest absolute Gasteiger partial charge is 0.319 e. The van der Waals surface area contributed by atoms with Gasteiger partial charge in [0.25, 0.3) is 5.91 Å². The van der Waals surface area contributed by atoms with E-state index in [9.17, 15) is 18.8 Å². The van der Waals surface area contributed by atoms with E-state index in [1.165, 1.54) is 12.1 Å². The summed E-state index contributed by atoms with van der Waals surface area (Å²) in [6.07, 6.45) is 0.320. The first-order valence-corrected chi connectivity index (χ1v) is 8.44. The standard InChI is InChI=1S/C19H16ClFN2O3/c1-2-19(13-5-7-14(20)8-6-13)17(25)23(18(26)22-19)11-16(24)12-3-9-15(21)10-4-12/h3-10H,2,11H2,1H3,(H,22,26)/t19-/m0/s1. The molecule has 134 valence electrons. The quantitative estimate of drug-likeness (QED) is 0.643. The van der Waals surface area contributed by atoms with Crippen molar-refractivity contribution in [3.8, 4) is 0 Å². The Labute approximate surface area is 154 Å². The number of nitrogens with zero attached hydrogens (tertiary/aromatic N) is 1. The lowest BCUT2D eigenvalue weighted by atomic mass is 9.87. The predicted octanol–water partition coefficient (Wildman–Crippen LogP) is 3.52. The Bertz CT molecular complexity index is 867. The highest BCUT2D eigenvalue weighted by Gasteiger charge is 2.51. The molecule has 1 atom stereocenters. The Kier molecular flexibility index (Phi) is 4.78. The summed E-state index contributed by atoms with van der Waals surface area (Å²) in [6.45, 7) is 1.36. The Morgan fingerprint density at radius 2 is 1.73 bits per heavy atom. The lowest BCUT2D eigenvalue weighted by Crippen LogP contribution is -2.43. The minimum absolute atomic E-state index is 0.229. The van der Waals surface area contributed by atoms with Crippen molar-refractivity contribution in [3.63, 3.8) is 0 Å². The summed E-state index contributed by atoms with van der Waals surface area (Å²) in [5.41, 5.74) is -0.406. The van der Waals surface area contributed by atoms with E-state index >= 15 is 0 Å². The van der Waals surface area contributed by atoms with Crippen LogP contribution in [0, 0.1) is 5.82 Å². The first kappa shape index (κ1) is 18.1. The summed E-state index contributed by atoms with van der Waals surface area (Å²) >= 11 is 5.89. The summed E-state index contributed by atoms with van der Waals surface area (Å²) in [4.78, 5) is 38.6. The van der Waals surface area contributed by atoms with Crippen molar-refractivity contribution in [1.82, 2.24) is 10.2 Å². The van der Waals surface area contributed by atoms with Gasteiger partial charge in [-0.2, -0.15) is 0 Å². The minimum atomic E-state index is -1.23. The van der Waals surface area contributed by atoms with Crippen LogP contribution in [0.5, 0.6) is 0 Å². The van der Waals surface area contributed by atoms with Crippen LogP contribution in [0.25, 0.3) is 0 Å². The van der Waals surface area contributed by atoms with Crippen LogP contribution in [0.15, 0.2) is 48.5 Å². The molecule has 0 aromatic heterocycles. The minimum Gasteiger partial charge on any atom is -0.319 e. The van der Waals surface area contributed by atoms with E-state index in [4.69, 9.17) is 11.6 Å². The maximum atomic E-state index is 13.0. The maximum Gasteiger partial charge on any atom is 0.325 e. The third kappa shape index (κ3) is 3.08. The maximum absolute atomic E-state index is 13.0. The molecule has 0 radical (unpaired) electrons. The first-order valence-electron chi connectivity index (χ1n) is 8.06. The van der Waals surface area contributed by atoms with Crippen molar-refractivity contribution in [2.75, 3.05) is 6.54 Å². The second-order valence-electron chi connectivity index (χ2n) is 6.02. The molecule has 26 heavy (non-hydrogen) atoms. The van der Waals surface area contributed by atoms with Crippen molar-refractivity contribution in [2.45, 2.75) is 18.9 Å². The molecule has 1 N–H and O–H groups in total. The Morgan fingerprint density at radius 1 is 1.12 bits per heavy atom. The number of carbonyl (C=O) groups is 3. The highest BCUT2D eigenvalue weighted by atomic mass is 35.5. The van der Waals surface area contributed by atoms with Gasteiger partial charge < -0.3 is 5.32 Å². The Hall–Kier alpha value is -2.73. The number of benzene rings is 2. The fourth-order valence-corrected chi connectivity index (χ4v) is 3.14. The number of ketones is 1. The predicted molar refractivity (Wildman–Crippen MR) is 94.4 cm³/mol. The second kappa shape index (κ2) is 6.88. The monoisotopic (exact) mass is 374 g/mol. The molecule has 0 spiro atoms. The number of rotatable bonds is 5. The molecule has 5 nitrogen and oxygen atoms in total. The molecular formula is C19H16ClFN2O3. The van der Waals surface area contributed by atoms with Gasteiger partial charge in [-0.05, 0) is 48.4 Å². The van der Waals surface area contributed by atoms with Gasteiger partial charge in [-0.3, -0.25) is 14.5 Å². The number of imide groups is 1. The molecule has 0 aliphatic carbocycles. The van der Waals surface area contributed by atoms with Crippen LogP contribution in [0.2, 0.25) is 5.02 Å². The molecule has 7 heteroatoms. The number of halogens is 2. The highest BCUT2D eigenvalue weighted by Crippen LogP contribution is 2.33.